The smallest absolute Gasteiger partial charge is 0.401 e. The van der Waals surface area contributed by atoms with Crippen LogP contribution < -0.4 is 5.32 Å². The summed E-state index contributed by atoms with van der Waals surface area (Å²) in [6.45, 7) is 2.18. The molecule has 0 spiro atoms. The Morgan fingerprint density at radius 3 is 2.40 bits per heavy atom. The fourth-order valence-electron chi connectivity index (χ4n) is 1.31. The largest absolute Gasteiger partial charge is 0.462 e. The van der Waals surface area contributed by atoms with E-state index in [1.54, 1.807) is 0 Å². The van der Waals surface area contributed by atoms with Crippen LogP contribution in [0.1, 0.15) is 19.8 Å². The lowest BCUT2D eigenvalue weighted by Gasteiger charge is -2.24. The number of ether oxygens (including phenoxy) is 1. The number of hydrogen-bond donors (Lipinski definition) is 1. The number of hydrogen-bond acceptors (Lipinski definition) is 3. The van der Waals surface area contributed by atoms with E-state index in [0.717, 1.165) is 6.92 Å². The SMILES string of the molecule is CC(C(=O)OC1CCNCC1)C(F)(F)F. The number of nitrogens with one attached hydrogen (secondary N) is 1. The van der Waals surface area contributed by atoms with E-state index >= 15 is 0 Å². The highest BCUT2D eigenvalue weighted by molar-refractivity contribution is 5.73. The molecule has 0 aromatic heterocycles. The summed E-state index contributed by atoms with van der Waals surface area (Å²) >= 11 is 0. The van der Waals surface area contributed by atoms with Gasteiger partial charge in [-0.25, -0.2) is 0 Å². The third-order valence-electron chi connectivity index (χ3n) is 2.41. The van der Waals surface area contributed by atoms with E-state index in [1.165, 1.54) is 0 Å². The Morgan fingerprint density at radius 2 is 1.93 bits per heavy atom. The van der Waals surface area contributed by atoms with Crippen molar-refractivity contribution in [3.63, 3.8) is 0 Å². The van der Waals surface area contributed by atoms with Gasteiger partial charge in [0.05, 0.1) is 0 Å². The van der Waals surface area contributed by atoms with E-state index < -0.39 is 18.1 Å². The maximum absolute atomic E-state index is 12.1. The molecule has 1 unspecified atom stereocenters. The van der Waals surface area contributed by atoms with Crippen molar-refractivity contribution in [3.8, 4) is 0 Å². The van der Waals surface area contributed by atoms with Gasteiger partial charge in [-0.3, -0.25) is 4.79 Å². The first-order valence-corrected chi connectivity index (χ1v) is 4.89. The fraction of sp³-hybridized carbons (Fsp3) is 0.889. The van der Waals surface area contributed by atoms with Gasteiger partial charge in [0.1, 0.15) is 12.0 Å². The molecule has 6 heteroatoms. The molecule has 0 saturated carbocycles. The van der Waals surface area contributed by atoms with E-state index in [0.29, 0.717) is 25.9 Å². The van der Waals surface area contributed by atoms with Gasteiger partial charge in [-0.15, -0.1) is 0 Å². The summed E-state index contributed by atoms with van der Waals surface area (Å²) in [6, 6.07) is 0. The molecule has 0 amide bonds. The van der Waals surface area contributed by atoms with Gasteiger partial charge in [-0.05, 0) is 32.9 Å². The molecule has 0 aliphatic carbocycles. The normalized spacial score (nSPS) is 21.1. The minimum atomic E-state index is -4.51. The van der Waals surface area contributed by atoms with Crippen LogP contribution >= 0.6 is 0 Å². The van der Waals surface area contributed by atoms with Crippen molar-refractivity contribution < 1.29 is 22.7 Å². The average Bonchev–Trinajstić information content (AvgIpc) is 2.16. The second kappa shape index (κ2) is 4.83. The molecular weight excluding hydrogens is 211 g/mol. The Labute approximate surface area is 86.0 Å². The van der Waals surface area contributed by atoms with Crippen LogP contribution in [0.2, 0.25) is 0 Å². The maximum atomic E-state index is 12.1. The molecule has 15 heavy (non-hydrogen) atoms. The number of rotatable bonds is 2. The Kier molecular flexibility index (Phi) is 3.96. The molecule has 0 bridgehead atoms. The molecule has 1 saturated heterocycles. The topological polar surface area (TPSA) is 38.3 Å². The van der Waals surface area contributed by atoms with Crippen LogP contribution in [-0.2, 0) is 9.53 Å². The van der Waals surface area contributed by atoms with Gasteiger partial charge in [0, 0.05) is 0 Å². The highest BCUT2D eigenvalue weighted by atomic mass is 19.4. The van der Waals surface area contributed by atoms with Gasteiger partial charge in [0.15, 0.2) is 0 Å². The minimum absolute atomic E-state index is 0.372. The molecule has 0 aromatic rings. The minimum Gasteiger partial charge on any atom is -0.462 e. The second-order valence-corrected chi connectivity index (χ2v) is 3.65. The van der Waals surface area contributed by atoms with E-state index in [-0.39, 0.29) is 6.10 Å². The highest BCUT2D eigenvalue weighted by Crippen LogP contribution is 2.27. The molecule has 3 nitrogen and oxygen atoms in total. The summed E-state index contributed by atoms with van der Waals surface area (Å²) in [6.07, 6.45) is -3.72. The molecule has 0 radical (unpaired) electrons. The summed E-state index contributed by atoms with van der Waals surface area (Å²) in [5.74, 6) is -3.21. The van der Waals surface area contributed by atoms with E-state index in [4.69, 9.17) is 4.74 Å². The van der Waals surface area contributed by atoms with Crippen LogP contribution in [0.25, 0.3) is 0 Å². The summed E-state index contributed by atoms with van der Waals surface area (Å²) < 4.78 is 41.2. The number of esters is 1. The molecule has 88 valence electrons. The Morgan fingerprint density at radius 1 is 1.40 bits per heavy atom. The van der Waals surface area contributed by atoms with Crippen molar-refractivity contribution in [2.45, 2.75) is 32.0 Å². The van der Waals surface area contributed by atoms with Crippen molar-refractivity contribution in [2.75, 3.05) is 13.1 Å². The molecule has 1 rings (SSSR count). The van der Waals surface area contributed by atoms with Crippen LogP contribution in [0.5, 0.6) is 0 Å². The lowest BCUT2D eigenvalue weighted by Crippen LogP contribution is -2.37. The predicted octanol–water partition coefficient (Wildman–Crippen LogP) is 1.48. The first kappa shape index (κ1) is 12.3. The summed E-state index contributed by atoms with van der Waals surface area (Å²) in [5.41, 5.74) is 0. The van der Waals surface area contributed by atoms with Crippen molar-refractivity contribution in [2.24, 2.45) is 5.92 Å². The van der Waals surface area contributed by atoms with Crippen molar-refractivity contribution in [1.29, 1.82) is 0 Å². The van der Waals surface area contributed by atoms with Crippen LogP contribution in [-0.4, -0.2) is 31.3 Å². The maximum Gasteiger partial charge on any atom is 0.401 e. The summed E-state index contributed by atoms with van der Waals surface area (Å²) in [4.78, 5) is 11.1. The van der Waals surface area contributed by atoms with Gasteiger partial charge >= 0.3 is 12.1 Å². The Bertz CT molecular complexity index is 224. The van der Waals surface area contributed by atoms with Crippen LogP contribution in [0.15, 0.2) is 0 Å². The molecule has 1 heterocycles. The number of piperidine rings is 1. The molecule has 1 fully saturated rings. The molecule has 0 aromatic carbocycles. The standard InChI is InChI=1S/C9H14F3NO2/c1-6(9(10,11)12)8(14)15-7-2-4-13-5-3-7/h6-7,13H,2-5H2,1H3. The van der Waals surface area contributed by atoms with Crippen LogP contribution in [0.3, 0.4) is 0 Å². The highest BCUT2D eigenvalue weighted by Gasteiger charge is 2.43. The fourth-order valence-corrected chi connectivity index (χ4v) is 1.31. The van der Waals surface area contributed by atoms with Gasteiger partial charge < -0.3 is 10.1 Å². The third kappa shape index (κ3) is 3.70. The monoisotopic (exact) mass is 225 g/mol. The predicted molar refractivity (Wildman–Crippen MR) is 47.2 cm³/mol. The first-order chi connectivity index (χ1) is 6.91. The zero-order valence-corrected chi connectivity index (χ0v) is 8.43. The molecular formula is C9H14F3NO2. The zero-order valence-electron chi connectivity index (χ0n) is 8.43. The summed E-state index contributed by atoms with van der Waals surface area (Å²) in [7, 11) is 0. The Balaban J connectivity index is 2.40. The number of carbonyl (C=O) groups is 1. The van der Waals surface area contributed by atoms with Gasteiger partial charge in [-0.1, -0.05) is 0 Å². The van der Waals surface area contributed by atoms with Crippen LogP contribution in [0, 0.1) is 5.92 Å². The first-order valence-electron chi connectivity index (χ1n) is 4.89. The summed E-state index contributed by atoms with van der Waals surface area (Å²) in [5, 5.41) is 3.03. The Hall–Kier alpha value is -0.780. The average molecular weight is 225 g/mol. The number of alkyl halides is 3. The van der Waals surface area contributed by atoms with Crippen molar-refractivity contribution >= 4 is 5.97 Å². The lowest BCUT2D eigenvalue weighted by molar-refractivity contribution is -0.198. The van der Waals surface area contributed by atoms with Crippen molar-refractivity contribution in [3.05, 3.63) is 0 Å². The molecule has 1 atom stereocenters. The van der Waals surface area contributed by atoms with E-state index in [1.807, 2.05) is 0 Å². The van der Waals surface area contributed by atoms with Gasteiger partial charge in [-0.2, -0.15) is 13.2 Å². The van der Waals surface area contributed by atoms with E-state index in [2.05, 4.69) is 5.32 Å². The third-order valence-corrected chi connectivity index (χ3v) is 2.41. The zero-order chi connectivity index (χ0) is 11.5. The number of halogens is 3. The second-order valence-electron chi connectivity index (χ2n) is 3.65. The molecule has 1 aliphatic heterocycles. The molecule has 1 N–H and O–H groups in total. The van der Waals surface area contributed by atoms with Gasteiger partial charge in [0.25, 0.3) is 0 Å². The van der Waals surface area contributed by atoms with Crippen molar-refractivity contribution in [1.82, 2.24) is 5.32 Å². The lowest BCUT2D eigenvalue weighted by atomic mass is 10.1. The van der Waals surface area contributed by atoms with E-state index in [9.17, 15) is 18.0 Å². The van der Waals surface area contributed by atoms with Gasteiger partial charge in [0.2, 0.25) is 0 Å². The molecule has 1 aliphatic rings. The number of carbonyl (C=O) groups excluding carboxylic acids is 1. The quantitative estimate of drug-likeness (QED) is 0.723. The van der Waals surface area contributed by atoms with Crippen LogP contribution in [0.4, 0.5) is 13.2 Å².